The number of thioether (sulfide) groups is 1. The monoisotopic (exact) mass is 293 g/mol. The third-order valence-corrected chi connectivity index (χ3v) is 4.18. The van der Waals surface area contributed by atoms with Crippen LogP contribution in [0.15, 0.2) is 33.0 Å². The lowest BCUT2D eigenvalue weighted by Crippen LogP contribution is -1.90. The Morgan fingerprint density at radius 2 is 2.21 bits per heavy atom. The minimum atomic E-state index is -0.581. The molecule has 0 spiro atoms. The normalized spacial score (nSPS) is 11.0. The second-order valence-electron chi connectivity index (χ2n) is 3.59. The SMILES string of the molecule is CSc1nc(-c2ccc([N+](=O)[O-])o2)nc2ccsc12. The van der Waals surface area contributed by atoms with Crippen molar-refractivity contribution in [1.82, 2.24) is 9.97 Å². The third-order valence-electron chi connectivity index (χ3n) is 2.46. The summed E-state index contributed by atoms with van der Waals surface area (Å²) in [5, 5.41) is 13.4. The summed E-state index contributed by atoms with van der Waals surface area (Å²) < 4.78 is 6.14. The number of rotatable bonds is 3. The number of aromatic nitrogens is 2. The van der Waals surface area contributed by atoms with Gasteiger partial charge in [0, 0.05) is 0 Å². The van der Waals surface area contributed by atoms with Crippen LogP contribution in [0.3, 0.4) is 0 Å². The van der Waals surface area contributed by atoms with Crippen LogP contribution in [0.2, 0.25) is 0 Å². The number of fused-ring (bicyclic) bond motifs is 1. The number of thiophene rings is 1. The van der Waals surface area contributed by atoms with Crippen molar-refractivity contribution in [3.8, 4) is 11.6 Å². The number of hydrogen-bond donors (Lipinski definition) is 0. The highest BCUT2D eigenvalue weighted by Crippen LogP contribution is 2.31. The van der Waals surface area contributed by atoms with Gasteiger partial charge in [0.1, 0.15) is 9.95 Å². The molecule has 3 rings (SSSR count). The van der Waals surface area contributed by atoms with E-state index < -0.39 is 4.92 Å². The van der Waals surface area contributed by atoms with Gasteiger partial charge in [-0.3, -0.25) is 10.1 Å². The molecule has 0 saturated carbocycles. The van der Waals surface area contributed by atoms with Crippen LogP contribution in [0.1, 0.15) is 0 Å². The van der Waals surface area contributed by atoms with Crippen LogP contribution in [-0.4, -0.2) is 21.1 Å². The number of hydrogen-bond acceptors (Lipinski definition) is 7. The van der Waals surface area contributed by atoms with Crippen molar-refractivity contribution >= 4 is 39.2 Å². The molecule has 0 saturated heterocycles. The molecule has 0 radical (unpaired) electrons. The summed E-state index contributed by atoms with van der Waals surface area (Å²) in [4.78, 5) is 18.8. The van der Waals surface area contributed by atoms with Gasteiger partial charge in [-0.05, 0) is 23.8 Å². The number of nitrogens with zero attached hydrogens (tertiary/aromatic N) is 3. The highest BCUT2D eigenvalue weighted by molar-refractivity contribution is 7.98. The van der Waals surface area contributed by atoms with Crippen LogP contribution in [0, 0.1) is 10.1 Å². The smallest absolute Gasteiger partial charge is 0.397 e. The zero-order chi connectivity index (χ0) is 13.4. The van der Waals surface area contributed by atoms with Crippen molar-refractivity contribution in [1.29, 1.82) is 0 Å². The van der Waals surface area contributed by atoms with Gasteiger partial charge >= 0.3 is 5.88 Å². The Hall–Kier alpha value is -1.93. The quantitative estimate of drug-likeness (QED) is 0.318. The summed E-state index contributed by atoms with van der Waals surface area (Å²) in [5.74, 6) is 0.355. The molecule has 0 N–H and O–H groups in total. The summed E-state index contributed by atoms with van der Waals surface area (Å²) in [6, 6.07) is 4.70. The van der Waals surface area contributed by atoms with Crippen molar-refractivity contribution in [3.63, 3.8) is 0 Å². The van der Waals surface area contributed by atoms with Crippen molar-refractivity contribution in [2.45, 2.75) is 5.03 Å². The third kappa shape index (κ3) is 2.08. The molecule has 0 aliphatic carbocycles. The lowest BCUT2D eigenvalue weighted by atomic mass is 10.4. The van der Waals surface area contributed by atoms with E-state index in [1.54, 1.807) is 11.3 Å². The molecule has 6 nitrogen and oxygen atoms in total. The maximum Gasteiger partial charge on any atom is 0.433 e. The standard InChI is InChI=1S/C11H7N3O3S2/c1-18-11-9-6(4-5-19-9)12-10(13-11)7-2-3-8(17-7)14(15)16/h2-5H,1H3. The second-order valence-corrected chi connectivity index (χ2v) is 5.30. The lowest BCUT2D eigenvalue weighted by Gasteiger charge is -2.00. The fourth-order valence-corrected chi connectivity index (χ4v) is 3.21. The maximum atomic E-state index is 10.6. The average molecular weight is 293 g/mol. The summed E-state index contributed by atoms with van der Waals surface area (Å²) in [6.07, 6.45) is 1.93. The highest BCUT2D eigenvalue weighted by atomic mass is 32.2. The van der Waals surface area contributed by atoms with Gasteiger partial charge in [0.15, 0.2) is 11.6 Å². The Balaban J connectivity index is 2.15. The molecule has 8 heteroatoms. The van der Waals surface area contributed by atoms with Crippen molar-refractivity contribution in [3.05, 3.63) is 33.7 Å². The molecule has 0 amide bonds. The van der Waals surface area contributed by atoms with Crippen molar-refractivity contribution in [2.24, 2.45) is 0 Å². The van der Waals surface area contributed by atoms with Gasteiger partial charge in [-0.2, -0.15) is 0 Å². The molecule has 0 unspecified atom stereocenters. The zero-order valence-electron chi connectivity index (χ0n) is 9.69. The molecule has 96 valence electrons. The largest absolute Gasteiger partial charge is 0.433 e. The van der Waals surface area contributed by atoms with Crippen molar-refractivity contribution < 1.29 is 9.34 Å². The minimum absolute atomic E-state index is 0.301. The zero-order valence-corrected chi connectivity index (χ0v) is 11.3. The van der Waals surface area contributed by atoms with Crippen LogP contribution in [0.25, 0.3) is 21.8 Å². The van der Waals surface area contributed by atoms with E-state index in [1.807, 2.05) is 17.7 Å². The summed E-state index contributed by atoms with van der Waals surface area (Å²) in [5.41, 5.74) is 0.818. The second kappa shape index (κ2) is 4.63. The summed E-state index contributed by atoms with van der Waals surface area (Å²) in [6.45, 7) is 0. The molecule has 0 atom stereocenters. The maximum absolute atomic E-state index is 10.6. The van der Waals surface area contributed by atoms with Gasteiger partial charge in [0.2, 0.25) is 0 Å². The molecule has 3 aromatic rings. The predicted octanol–water partition coefficient (Wildman–Crippen LogP) is 3.58. The molecular formula is C11H7N3O3S2. The molecule has 0 aliphatic rings. The fraction of sp³-hybridized carbons (Fsp3) is 0.0909. The van der Waals surface area contributed by atoms with E-state index in [0.717, 1.165) is 15.2 Å². The fourth-order valence-electron chi connectivity index (χ4n) is 1.63. The molecule has 19 heavy (non-hydrogen) atoms. The van der Waals surface area contributed by atoms with E-state index in [1.165, 1.54) is 23.9 Å². The topological polar surface area (TPSA) is 82.1 Å². The Morgan fingerprint density at radius 1 is 1.37 bits per heavy atom. The lowest BCUT2D eigenvalue weighted by molar-refractivity contribution is -0.401. The van der Waals surface area contributed by atoms with Crippen molar-refractivity contribution in [2.75, 3.05) is 6.26 Å². The number of nitro groups is 1. The van der Waals surface area contributed by atoms with Gasteiger partial charge in [-0.25, -0.2) is 9.97 Å². The van der Waals surface area contributed by atoms with E-state index in [4.69, 9.17) is 4.42 Å². The van der Waals surface area contributed by atoms with Crippen LogP contribution < -0.4 is 0 Å². The van der Waals surface area contributed by atoms with E-state index in [-0.39, 0.29) is 5.88 Å². The first kappa shape index (κ1) is 12.1. The molecular weight excluding hydrogens is 286 g/mol. The Labute approximate surface area is 115 Å². The van der Waals surface area contributed by atoms with Gasteiger partial charge < -0.3 is 4.42 Å². The van der Waals surface area contributed by atoms with Crippen LogP contribution in [0.5, 0.6) is 0 Å². The van der Waals surface area contributed by atoms with Crippen LogP contribution in [0.4, 0.5) is 5.88 Å². The van der Waals surface area contributed by atoms with E-state index in [2.05, 4.69) is 9.97 Å². The Bertz CT molecular complexity index is 765. The van der Waals surface area contributed by atoms with E-state index in [9.17, 15) is 10.1 Å². The minimum Gasteiger partial charge on any atom is -0.397 e. The first-order valence-corrected chi connectivity index (χ1v) is 7.33. The number of furan rings is 1. The Morgan fingerprint density at radius 3 is 2.89 bits per heavy atom. The molecule has 0 fully saturated rings. The summed E-state index contributed by atoms with van der Waals surface area (Å²) in [7, 11) is 0. The van der Waals surface area contributed by atoms with Crippen LogP contribution in [-0.2, 0) is 0 Å². The van der Waals surface area contributed by atoms with Gasteiger partial charge in [0.05, 0.1) is 16.3 Å². The van der Waals surface area contributed by atoms with Gasteiger partial charge in [-0.1, -0.05) is 0 Å². The first-order chi connectivity index (χ1) is 9.19. The Kier molecular flexibility index (Phi) is 2.96. The molecule has 0 bridgehead atoms. The van der Waals surface area contributed by atoms with Crippen LogP contribution >= 0.6 is 23.1 Å². The molecule has 3 heterocycles. The summed E-state index contributed by atoms with van der Waals surface area (Å²) >= 11 is 3.08. The molecule has 0 aliphatic heterocycles. The van der Waals surface area contributed by atoms with E-state index >= 15 is 0 Å². The first-order valence-electron chi connectivity index (χ1n) is 5.23. The predicted molar refractivity (Wildman–Crippen MR) is 73.6 cm³/mol. The van der Waals surface area contributed by atoms with Gasteiger partial charge in [0.25, 0.3) is 0 Å². The highest BCUT2D eigenvalue weighted by Gasteiger charge is 2.17. The van der Waals surface area contributed by atoms with E-state index in [0.29, 0.717) is 11.6 Å². The van der Waals surface area contributed by atoms with Gasteiger partial charge in [-0.15, -0.1) is 23.1 Å². The average Bonchev–Trinajstić information content (AvgIpc) is 3.05. The molecule has 3 aromatic heterocycles. The molecule has 0 aromatic carbocycles.